The summed E-state index contributed by atoms with van der Waals surface area (Å²) >= 11 is 0. The summed E-state index contributed by atoms with van der Waals surface area (Å²) in [6.07, 6.45) is 1.62. The molecule has 186 valence electrons. The molecule has 0 aromatic heterocycles. The number of carboxylic acid groups (broad SMARTS) is 1. The molecule has 6 heteroatoms. The first-order valence-electron chi connectivity index (χ1n) is 12.1. The molecule has 3 aromatic carbocycles. The lowest BCUT2D eigenvalue weighted by Crippen LogP contribution is -2.30. The van der Waals surface area contributed by atoms with Gasteiger partial charge in [-0.15, -0.1) is 0 Å². The Labute approximate surface area is 211 Å². The Hall–Kier alpha value is -3.80. The number of benzene rings is 3. The molecule has 0 fully saturated rings. The van der Waals surface area contributed by atoms with Crippen LogP contribution in [0.25, 0.3) is 11.1 Å². The number of fused-ring (bicyclic) bond motifs is 3. The van der Waals surface area contributed by atoms with E-state index in [2.05, 4.69) is 52.0 Å². The van der Waals surface area contributed by atoms with Crippen LogP contribution >= 0.6 is 0 Å². The number of hydrogen-bond acceptors (Lipinski definition) is 5. The third-order valence-electron chi connectivity index (χ3n) is 6.59. The first kappa shape index (κ1) is 23.9. The van der Waals surface area contributed by atoms with Gasteiger partial charge in [-0.1, -0.05) is 30.3 Å². The average molecular weight is 486 g/mol. The molecule has 0 bridgehead atoms. The zero-order valence-corrected chi connectivity index (χ0v) is 21.3. The highest BCUT2D eigenvalue weighted by Crippen LogP contribution is 2.48. The summed E-state index contributed by atoms with van der Waals surface area (Å²) in [5, 5.41) is 8.83. The highest BCUT2D eigenvalue weighted by atomic mass is 16.5. The molecular weight excluding hydrogens is 454 g/mol. The molecule has 0 amide bonds. The monoisotopic (exact) mass is 485 g/mol. The molecule has 0 saturated carbocycles. The Kier molecular flexibility index (Phi) is 5.78. The van der Waals surface area contributed by atoms with Crippen molar-refractivity contribution in [2.24, 2.45) is 4.99 Å². The molecule has 1 N–H and O–H groups in total. The van der Waals surface area contributed by atoms with E-state index in [1.54, 1.807) is 19.2 Å². The van der Waals surface area contributed by atoms with Crippen LogP contribution in [0.2, 0.25) is 0 Å². The lowest BCUT2D eigenvalue weighted by molar-refractivity contribution is -0.139. The van der Waals surface area contributed by atoms with Gasteiger partial charge in [-0.05, 0) is 75.1 Å². The second-order valence-electron chi connectivity index (χ2n) is 10.7. The minimum atomic E-state index is -0.999. The molecule has 0 atom stereocenters. The van der Waals surface area contributed by atoms with E-state index in [-0.39, 0.29) is 17.7 Å². The number of aliphatic carboxylic acids is 1. The number of aliphatic imine (C=N–C) groups is 1. The molecule has 36 heavy (non-hydrogen) atoms. The molecule has 3 aromatic rings. The number of hydrogen-bond donors (Lipinski definition) is 1. The fourth-order valence-electron chi connectivity index (χ4n) is 5.16. The zero-order chi connectivity index (χ0) is 25.7. The number of carboxylic acids is 1. The molecule has 0 aliphatic carbocycles. The van der Waals surface area contributed by atoms with Crippen LogP contribution in [0.1, 0.15) is 49.9 Å². The van der Waals surface area contributed by atoms with Crippen LogP contribution in [-0.2, 0) is 17.6 Å². The van der Waals surface area contributed by atoms with E-state index in [1.165, 1.54) is 5.56 Å². The van der Waals surface area contributed by atoms with E-state index in [4.69, 9.17) is 24.3 Å². The fourth-order valence-corrected chi connectivity index (χ4v) is 5.16. The van der Waals surface area contributed by atoms with Gasteiger partial charge in [0.25, 0.3) is 0 Å². The van der Waals surface area contributed by atoms with Gasteiger partial charge in [-0.25, -0.2) is 4.79 Å². The molecule has 0 saturated heterocycles. The van der Waals surface area contributed by atoms with Gasteiger partial charge in [0.2, 0.25) is 0 Å². The maximum Gasteiger partial charge on any atom is 0.341 e. The smallest absolute Gasteiger partial charge is 0.341 e. The first-order chi connectivity index (χ1) is 17.0. The highest BCUT2D eigenvalue weighted by Gasteiger charge is 2.39. The summed E-state index contributed by atoms with van der Waals surface area (Å²) in [6, 6.07) is 18.0. The van der Waals surface area contributed by atoms with E-state index in [9.17, 15) is 4.79 Å². The van der Waals surface area contributed by atoms with Gasteiger partial charge in [-0.3, -0.25) is 4.99 Å². The SMILES string of the molecule is COc1cc2c(c3c1OC(C)(C)C3)C(c1cccc(-c3ccc(OCC(=O)O)cc3)c1)=NC(C)(C)C2. The predicted molar refractivity (Wildman–Crippen MR) is 140 cm³/mol. The molecule has 2 aliphatic heterocycles. The summed E-state index contributed by atoms with van der Waals surface area (Å²) < 4.78 is 17.3. The number of nitrogens with zero attached hydrogens (tertiary/aromatic N) is 1. The van der Waals surface area contributed by atoms with Crippen LogP contribution in [-0.4, -0.2) is 41.6 Å². The molecule has 5 rings (SSSR count). The maximum atomic E-state index is 10.8. The van der Waals surface area contributed by atoms with Gasteiger partial charge in [0.1, 0.15) is 11.4 Å². The molecule has 0 spiro atoms. The Balaban J connectivity index is 1.58. The number of rotatable bonds is 6. The van der Waals surface area contributed by atoms with Crippen molar-refractivity contribution in [2.45, 2.75) is 51.7 Å². The quantitative estimate of drug-likeness (QED) is 0.484. The summed E-state index contributed by atoms with van der Waals surface area (Å²) in [5.74, 6) is 1.13. The molecule has 2 aliphatic rings. The average Bonchev–Trinajstić information content (AvgIpc) is 3.16. The second-order valence-corrected chi connectivity index (χ2v) is 10.7. The summed E-state index contributed by atoms with van der Waals surface area (Å²) in [6.45, 7) is 8.17. The zero-order valence-electron chi connectivity index (χ0n) is 21.3. The molecular formula is C30H31NO5. The summed E-state index contributed by atoms with van der Waals surface area (Å²) in [7, 11) is 1.70. The van der Waals surface area contributed by atoms with Crippen molar-refractivity contribution >= 4 is 11.7 Å². The second kappa shape index (κ2) is 8.70. The van der Waals surface area contributed by atoms with Crippen molar-refractivity contribution in [3.63, 3.8) is 0 Å². The van der Waals surface area contributed by atoms with Gasteiger partial charge in [0, 0.05) is 23.1 Å². The number of ether oxygens (including phenoxy) is 3. The lowest BCUT2D eigenvalue weighted by atomic mass is 9.80. The van der Waals surface area contributed by atoms with Crippen molar-refractivity contribution in [3.8, 4) is 28.4 Å². The summed E-state index contributed by atoms with van der Waals surface area (Å²) in [4.78, 5) is 16.0. The van der Waals surface area contributed by atoms with Gasteiger partial charge in [0.15, 0.2) is 18.1 Å². The minimum Gasteiger partial charge on any atom is -0.493 e. The highest BCUT2D eigenvalue weighted by molar-refractivity contribution is 6.16. The Morgan fingerprint density at radius 3 is 2.42 bits per heavy atom. The third-order valence-corrected chi connectivity index (χ3v) is 6.59. The lowest BCUT2D eigenvalue weighted by Gasteiger charge is -2.31. The predicted octanol–water partition coefficient (Wildman–Crippen LogP) is 5.71. The number of methoxy groups -OCH3 is 1. The van der Waals surface area contributed by atoms with Crippen LogP contribution in [0.4, 0.5) is 0 Å². The standard InChI is InChI=1S/C30H31NO5/c1-29(2)15-21-14-24(34-5)28-23(16-30(3,4)36-28)26(21)27(31-29)20-8-6-7-19(13-20)18-9-11-22(12-10-18)35-17-25(32)33/h6-14H,15-17H2,1-5H3,(H,32,33). The Morgan fingerprint density at radius 1 is 1.00 bits per heavy atom. The van der Waals surface area contributed by atoms with Crippen LogP contribution in [0.5, 0.6) is 17.2 Å². The van der Waals surface area contributed by atoms with E-state index in [1.807, 2.05) is 18.2 Å². The topological polar surface area (TPSA) is 77.4 Å². The largest absolute Gasteiger partial charge is 0.493 e. The van der Waals surface area contributed by atoms with Crippen molar-refractivity contribution in [1.82, 2.24) is 0 Å². The van der Waals surface area contributed by atoms with Crippen LogP contribution < -0.4 is 14.2 Å². The van der Waals surface area contributed by atoms with Crippen molar-refractivity contribution < 1.29 is 24.1 Å². The molecule has 0 unspecified atom stereocenters. The maximum absolute atomic E-state index is 10.8. The molecule has 6 nitrogen and oxygen atoms in total. The normalized spacial score (nSPS) is 16.9. The summed E-state index contributed by atoms with van der Waals surface area (Å²) in [5.41, 5.74) is 7.07. The Morgan fingerprint density at radius 2 is 1.72 bits per heavy atom. The van der Waals surface area contributed by atoms with Crippen LogP contribution in [0.3, 0.4) is 0 Å². The van der Waals surface area contributed by atoms with E-state index >= 15 is 0 Å². The van der Waals surface area contributed by atoms with Gasteiger partial charge < -0.3 is 19.3 Å². The van der Waals surface area contributed by atoms with E-state index < -0.39 is 5.97 Å². The van der Waals surface area contributed by atoms with Gasteiger partial charge in [0.05, 0.1) is 18.4 Å². The van der Waals surface area contributed by atoms with Crippen molar-refractivity contribution in [3.05, 3.63) is 76.9 Å². The van der Waals surface area contributed by atoms with Crippen LogP contribution in [0.15, 0.2) is 59.6 Å². The van der Waals surface area contributed by atoms with Crippen LogP contribution in [0, 0.1) is 0 Å². The third kappa shape index (κ3) is 4.55. The van der Waals surface area contributed by atoms with Crippen molar-refractivity contribution in [2.75, 3.05) is 13.7 Å². The number of carbonyl (C=O) groups is 1. The fraction of sp³-hybridized carbons (Fsp3) is 0.333. The van der Waals surface area contributed by atoms with Gasteiger partial charge >= 0.3 is 5.97 Å². The van der Waals surface area contributed by atoms with Gasteiger partial charge in [-0.2, -0.15) is 0 Å². The van der Waals surface area contributed by atoms with Crippen molar-refractivity contribution in [1.29, 1.82) is 0 Å². The minimum absolute atomic E-state index is 0.254. The van der Waals surface area contributed by atoms with E-state index in [0.717, 1.165) is 57.9 Å². The Bertz CT molecular complexity index is 1370. The van der Waals surface area contributed by atoms with E-state index in [0.29, 0.717) is 5.75 Å². The first-order valence-corrected chi connectivity index (χ1v) is 12.1. The molecule has 0 radical (unpaired) electrons. The molecule has 2 heterocycles.